The van der Waals surface area contributed by atoms with Gasteiger partial charge in [-0.25, -0.2) is 0 Å². The predicted molar refractivity (Wildman–Crippen MR) is 146 cm³/mol. The number of methoxy groups -OCH3 is 1. The van der Waals surface area contributed by atoms with Crippen LogP contribution in [0.15, 0.2) is 57.7 Å². The fraction of sp³-hybridized carbons (Fsp3) is 0.267. The Bertz CT molecular complexity index is 1690. The van der Waals surface area contributed by atoms with Crippen LogP contribution in [0.4, 0.5) is 0 Å². The molecule has 6 rings (SSSR count). The lowest BCUT2D eigenvalue weighted by Gasteiger charge is -2.29. The third-order valence-electron chi connectivity index (χ3n) is 7.37. The number of carbonyl (C=O) groups is 1. The van der Waals surface area contributed by atoms with E-state index < -0.39 is 28.6 Å². The molecule has 3 aromatic carbocycles. The third-order valence-corrected chi connectivity index (χ3v) is 7.37. The Labute approximate surface area is 233 Å². The van der Waals surface area contributed by atoms with Gasteiger partial charge in [-0.15, -0.1) is 0 Å². The Morgan fingerprint density at radius 2 is 1.76 bits per heavy atom. The average Bonchev–Trinajstić information content (AvgIpc) is 3.48. The Hall–Kier alpha value is -4.90. The number of rotatable bonds is 6. The zero-order chi connectivity index (χ0) is 28.7. The molecule has 11 nitrogen and oxygen atoms in total. The number of amides is 1. The fourth-order valence-electron chi connectivity index (χ4n) is 5.30. The number of aromatic hydroxyl groups is 3. The molecule has 0 radical (unpaired) electrons. The zero-order valence-corrected chi connectivity index (χ0v) is 22.1. The van der Waals surface area contributed by atoms with Gasteiger partial charge < -0.3 is 43.6 Å². The molecule has 3 N–H and O–H groups in total. The molecule has 212 valence electrons. The van der Waals surface area contributed by atoms with Gasteiger partial charge in [-0.1, -0.05) is 30.3 Å². The Morgan fingerprint density at radius 3 is 2.49 bits per heavy atom. The molecular formula is C30H27NO10. The first kappa shape index (κ1) is 26.3. The summed E-state index contributed by atoms with van der Waals surface area (Å²) in [6, 6.07) is 13.3. The van der Waals surface area contributed by atoms with Gasteiger partial charge in [0.2, 0.25) is 24.2 Å². The molecule has 4 aromatic rings. The number of fused-ring (bicyclic) bond motifs is 2. The Morgan fingerprint density at radius 1 is 1.00 bits per heavy atom. The van der Waals surface area contributed by atoms with Crippen molar-refractivity contribution in [2.45, 2.75) is 12.3 Å². The second-order valence-electron chi connectivity index (χ2n) is 9.71. The number of benzene rings is 3. The molecular weight excluding hydrogens is 534 g/mol. The van der Waals surface area contributed by atoms with Crippen LogP contribution in [0.25, 0.3) is 22.3 Å². The molecule has 0 saturated carbocycles. The standard InChI is InChI=1S/C30H27NO10/c1-37-21-11-17(12-22-29(21)40-15-39-22)18(13-23(33)31-7-9-38-10-8-31)24-26(34)28(36)27(35)25-19(32)14-20(41-30(24)25)16-5-3-2-4-6-16/h2-6,11-12,14,18,34-36H,7-10,13,15H2,1H3. The van der Waals surface area contributed by atoms with Crippen LogP contribution in [0.3, 0.4) is 0 Å². The van der Waals surface area contributed by atoms with E-state index >= 15 is 0 Å². The largest absolute Gasteiger partial charge is 0.504 e. The van der Waals surface area contributed by atoms with Gasteiger partial charge in [-0.3, -0.25) is 9.59 Å². The van der Waals surface area contributed by atoms with E-state index in [1.165, 1.54) is 13.2 Å². The lowest BCUT2D eigenvalue weighted by molar-refractivity contribution is -0.135. The lowest BCUT2D eigenvalue weighted by atomic mass is 9.85. The maximum absolute atomic E-state index is 13.6. The van der Waals surface area contributed by atoms with Crippen molar-refractivity contribution in [1.82, 2.24) is 4.90 Å². The van der Waals surface area contributed by atoms with Crippen LogP contribution in [0, 0.1) is 0 Å². The van der Waals surface area contributed by atoms with Crippen molar-refractivity contribution in [3.8, 4) is 45.8 Å². The number of phenols is 3. The van der Waals surface area contributed by atoms with Crippen molar-refractivity contribution in [3.63, 3.8) is 0 Å². The maximum Gasteiger partial charge on any atom is 0.231 e. The minimum absolute atomic E-state index is 0.0317. The van der Waals surface area contributed by atoms with E-state index in [-0.39, 0.29) is 41.4 Å². The zero-order valence-electron chi connectivity index (χ0n) is 22.1. The average molecular weight is 562 g/mol. The molecule has 1 unspecified atom stereocenters. The van der Waals surface area contributed by atoms with Crippen molar-refractivity contribution in [1.29, 1.82) is 0 Å². The molecule has 2 aliphatic rings. The summed E-state index contributed by atoms with van der Waals surface area (Å²) < 4.78 is 28.2. The summed E-state index contributed by atoms with van der Waals surface area (Å²) in [5, 5.41) is 32.5. The van der Waals surface area contributed by atoms with Crippen molar-refractivity contribution in [2.75, 3.05) is 40.2 Å². The molecule has 41 heavy (non-hydrogen) atoms. The highest BCUT2D eigenvalue weighted by molar-refractivity contribution is 5.94. The number of hydrogen-bond donors (Lipinski definition) is 3. The lowest BCUT2D eigenvalue weighted by Crippen LogP contribution is -2.41. The summed E-state index contributed by atoms with van der Waals surface area (Å²) in [6.07, 6.45) is -0.186. The van der Waals surface area contributed by atoms with Crippen LogP contribution in [0.1, 0.15) is 23.5 Å². The fourth-order valence-corrected chi connectivity index (χ4v) is 5.30. The van der Waals surface area contributed by atoms with Gasteiger partial charge in [0.15, 0.2) is 28.4 Å². The van der Waals surface area contributed by atoms with E-state index in [1.54, 1.807) is 41.3 Å². The van der Waals surface area contributed by atoms with Gasteiger partial charge in [-0.05, 0) is 17.7 Å². The number of ether oxygens (including phenoxy) is 4. The van der Waals surface area contributed by atoms with Crippen molar-refractivity contribution >= 4 is 16.9 Å². The number of carbonyl (C=O) groups excluding carboxylic acids is 1. The van der Waals surface area contributed by atoms with Crippen molar-refractivity contribution < 1.29 is 43.5 Å². The Balaban J connectivity index is 1.61. The molecule has 1 saturated heterocycles. The van der Waals surface area contributed by atoms with Crippen LogP contribution >= 0.6 is 0 Å². The van der Waals surface area contributed by atoms with Crippen LogP contribution in [-0.2, 0) is 9.53 Å². The Kier molecular flexibility index (Phi) is 6.80. The van der Waals surface area contributed by atoms with Gasteiger partial charge in [0.05, 0.1) is 20.3 Å². The second kappa shape index (κ2) is 10.6. The summed E-state index contributed by atoms with van der Waals surface area (Å²) >= 11 is 0. The SMILES string of the molecule is COc1cc(C(CC(=O)N2CCOCC2)c2c(O)c(O)c(O)c3c(=O)cc(-c4ccccc4)oc23)cc2c1OCO2. The van der Waals surface area contributed by atoms with Gasteiger partial charge in [0, 0.05) is 42.6 Å². The van der Waals surface area contributed by atoms with E-state index in [0.717, 1.165) is 0 Å². The van der Waals surface area contributed by atoms with Crippen molar-refractivity contribution in [3.05, 3.63) is 69.9 Å². The molecule has 1 atom stereocenters. The maximum atomic E-state index is 13.6. The summed E-state index contributed by atoms with van der Waals surface area (Å²) in [5.74, 6) is -2.42. The summed E-state index contributed by atoms with van der Waals surface area (Å²) in [6.45, 7) is 1.51. The normalized spacial score (nSPS) is 15.2. The molecule has 0 bridgehead atoms. The smallest absolute Gasteiger partial charge is 0.231 e. The van der Waals surface area contributed by atoms with Gasteiger partial charge in [-0.2, -0.15) is 0 Å². The first-order valence-electron chi connectivity index (χ1n) is 13.0. The third kappa shape index (κ3) is 4.63. The van der Waals surface area contributed by atoms with Crippen LogP contribution in [0.2, 0.25) is 0 Å². The monoisotopic (exact) mass is 561 g/mol. The van der Waals surface area contributed by atoms with Crippen molar-refractivity contribution in [2.24, 2.45) is 0 Å². The number of hydrogen-bond acceptors (Lipinski definition) is 10. The number of phenolic OH excluding ortho intramolecular Hbond substituents is 3. The molecule has 0 aliphatic carbocycles. The summed E-state index contributed by atoms with van der Waals surface area (Å²) in [4.78, 5) is 28.6. The summed E-state index contributed by atoms with van der Waals surface area (Å²) in [5.41, 5.74) is 0.186. The van der Waals surface area contributed by atoms with Gasteiger partial charge >= 0.3 is 0 Å². The van der Waals surface area contributed by atoms with Gasteiger partial charge in [0.1, 0.15) is 16.7 Å². The van der Waals surface area contributed by atoms with E-state index in [2.05, 4.69) is 0 Å². The highest BCUT2D eigenvalue weighted by Gasteiger charge is 2.34. The summed E-state index contributed by atoms with van der Waals surface area (Å²) in [7, 11) is 1.46. The quantitative estimate of drug-likeness (QED) is 0.298. The predicted octanol–water partition coefficient (Wildman–Crippen LogP) is 3.69. The topological polar surface area (TPSA) is 148 Å². The first-order valence-corrected chi connectivity index (χ1v) is 13.0. The van der Waals surface area contributed by atoms with Crippen LogP contribution in [-0.4, -0.2) is 66.3 Å². The molecule has 1 aromatic heterocycles. The molecule has 1 amide bonds. The molecule has 0 spiro atoms. The van der Waals surface area contributed by atoms with E-state index in [4.69, 9.17) is 23.4 Å². The highest BCUT2D eigenvalue weighted by atomic mass is 16.7. The highest BCUT2D eigenvalue weighted by Crippen LogP contribution is 2.51. The minimum Gasteiger partial charge on any atom is -0.504 e. The van der Waals surface area contributed by atoms with Crippen LogP contribution in [0.5, 0.6) is 34.5 Å². The van der Waals surface area contributed by atoms with E-state index in [9.17, 15) is 24.9 Å². The van der Waals surface area contributed by atoms with E-state index in [0.29, 0.717) is 54.7 Å². The molecule has 11 heteroatoms. The van der Waals surface area contributed by atoms with E-state index in [1.807, 2.05) is 6.07 Å². The first-order chi connectivity index (χ1) is 19.9. The van der Waals surface area contributed by atoms with Crippen LogP contribution < -0.4 is 19.6 Å². The molecule has 3 heterocycles. The number of morpholine rings is 1. The number of nitrogens with zero attached hydrogens (tertiary/aromatic N) is 1. The molecule has 1 fully saturated rings. The second-order valence-corrected chi connectivity index (χ2v) is 9.71. The van der Waals surface area contributed by atoms with Gasteiger partial charge in [0.25, 0.3) is 0 Å². The molecule has 2 aliphatic heterocycles. The minimum atomic E-state index is -0.975.